The maximum absolute atomic E-state index is 12.3. The van der Waals surface area contributed by atoms with Crippen molar-refractivity contribution in [1.29, 1.82) is 0 Å². The highest BCUT2D eigenvalue weighted by atomic mass is 16.5. The molecule has 0 amide bonds. The van der Waals surface area contributed by atoms with Crippen molar-refractivity contribution in [1.82, 2.24) is 0 Å². The highest BCUT2D eigenvalue weighted by molar-refractivity contribution is 5.32. The van der Waals surface area contributed by atoms with Crippen molar-refractivity contribution in [3.63, 3.8) is 0 Å². The van der Waals surface area contributed by atoms with Gasteiger partial charge in [0.25, 0.3) is 0 Å². The summed E-state index contributed by atoms with van der Waals surface area (Å²) in [5, 5.41) is 33.4. The molecule has 4 aliphatic rings. The molecule has 31 heavy (non-hydrogen) atoms. The summed E-state index contributed by atoms with van der Waals surface area (Å²) in [5.74, 6) is 1.41. The van der Waals surface area contributed by atoms with Gasteiger partial charge in [-0.05, 0) is 86.5 Å². The Balaban J connectivity index is 1.43. The summed E-state index contributed by atoms with van der Waals surface area (Å²) in [5.41, 5.74) is -1.06. The molecule has 3 unspecified atom stereocenters. The van der Waals surface area contributed by atoms with E-state index in [2.05, 4.69) is 13.8 Å². The molecule has 4 heteroatoms. The smallest absolute Gasteiger partial charge is 0.0978 e. The Morgan fingerprint density at radius 3 is 2.42 bits per heavy atom. The van der Waals surface area contributed by atoms with Gasteiger partial charge in [-0.15, -0.1) is 0 Å². The van der Waals surface area contributed by atoms with Crippen molar-refractivity contribution in [2.75, 3.05) is 13.2 Å². The quantitative estimate of drug-likeness (QED) is 0.664. The molecular weight excluding hydrogens is 388 g/mol. The van der Waals surface area contributed by atoms with Crippen LogP contribution in [0.15, 0.2) is 30.3 Å². The van der Waals surface area contributed by atoms with Crippen LogP contribution >= 0.6 is 0 Å². The second-order valence-corrected chi connectivity index (χ2v) is 11.5. The van der Waals surface area contributed by atoms with Gasteiger partial charge in [-0.2, -0.15) is 0 Å². The molecule has 0 spiro atoms. The standard InChI is InChI=1S/C27H40O4/c1-24-12-10-21(31-17-16-28)18-20(24)8-9-23-22(24)11-13-25(2)26(29,14-15-27(23,25)30)19-6-4-3-5-7-19/h3-7,20-23,28-30H,8-18H2,1-2H3/t20?,21?,22-,23-,24+,25-,26?,27-/m1/s1. The molecule has 0 saturated heterocycles. The molecule has 5 rings (SSSR count). The first-order valence-electron chi connectivity index (χ1n) is 12.5. The summed E-state index contributed by atoms with van der Waals surface area (Å²) >= 11 is 0. The van der Waals surface area contributed by atoms with E-state index in [-0.39, 0.29) is 24.0 Å². The normalized spacial score (nSPS) is 49.2. The van der Waals surface area contributed by atoms with Gasteiger partial charge in [-0.3, -0.25) is 0 Å². The molecule has 172 valence electrons. The van der Waals surface area contributed by atoms with E-state index in [0.29, 0.717) is 31.3 Å². The van der Waals surface area contributed by atoms with Gasteiger partial charge in [0.05, 0.1) is 30.5 Å². The fourth-order valence-electron chi connectivity index (χ4n) is 8.75. The second kappa shape index (κ2) is 7.55. The molecule has 0 bridgehead atoms. The van der Waals surface area contributed by atoms with Gasteiger partial charge >= 0.3 is 0 Å². The lowest BCUT2D eigenvalue weighted by Gasteiger charge is -2.64. The van der Waals surface area contributed by atoms with E-state index in [0.717, 1.165) is 50.5 Å². The van der Waals surface area contributed by atoms with Crippen LogP contribution in [0.3, 0.4) is 0 Å². The molecular formula is C27H40O4. The summed E-state index contributed by atoms with van der Waals surface area (Å²) in [6.07, 6.45) is 9.05. The highest BCUT2D eigenvalue weighted by Gasteiger charge is 2.71. The van der Waals surface area contributed by atoms with Crippen LogP contribution in [-0.4, -0.2) is 40.2 Å². The summed E-state index contributed by atoms with van der Waals surface area (Å²) in [6, 6.07) is 10.1. The number of benzene rings is 1. The van der Waals surface area contributed by atoms with E-state index in [1.165, 1.54) is 0 Å². The number of hydrogen-bond donors (Lipinski definition) is 3. The lowest BCUT2D eigenvalue weighted by molar-refractivity contribution is -0.239. The summed E-state index contributed by atoms with van der Waals surface area (Å²) in [6.45, 7) is 5.17. The molecule has 8 atom stereocenters. The van der Waals surface area contributed by atoms with Crippen molar-refractivity contribution in [3.8, 4) is 0 Å². The van der Waals surface area contributed by atoms with Crippen molar-refractivity contribution >= 4 is 0 Å². The average molecular weight is 429 g/mol. The Morgan fingerprint density at radius 1 is 0.903 bits per heavy atom. The third-order valence-corrected chi connectivity index (χ3v) is 10.6. The Morgan fingerprint density at radius 2 is 1.68 bits per heavy atom. The zero-order chi connectivity index (χ0) is 21.9. The minimum Gasteiger partial charge on any atom is -0.394 e. The molecule has 1 aromatic carbocycles. The van der Waals surface area contributed by atoms with Crippen LogP contribution < -0.4 is 0 Å². The fraction of sp³-hybridized carbons (Fsp3) is 0.778. The van der Waals surface area contributed by atoms with Gasteiger partial charge in [-0.1, -0.05) is 44.2 Å². The van der Waals surface area contributed by atoms with Gasteiger partial charge in [0.2, 0.25) is 0 Å². The zero-order valence-corrected chi connectivity index (χ0v) is 19.2. The van der Waals surface area contributed by atoms with Gasteiger partial charge in [0, 0.05) is 5.41 Å². The first-order chi connectivity index (χ1) is 14.8. The van der Waals surface area contributed by atoms with Gasteiger partial charge in [0.15, 0.2) is 0 Å². The second-order valence-electron chi connectivity index (χ2n) is 11.5. The third kappa shape index (κ3) is 2.94. The lowest BCUT2D eigenvalue weighted by Crippen LogP contribution is -2.64. The van der Waals surface area contributed by atoms with Gasteiger partial charge in [0.1, 0.15) is 0 Å². The first-order valence-corrected chi connectivity index (χ1v) is 12.5. The van der Waals surface area contributed by atoms with Crippen LogP contribution in [0.2, 0.25) is 0 Å². The van der Waals surface area contributed by atoms with Crippen molar-refractivity contribution in [2.24, 2.45) is 28.6 Å². The molecule has 0 aliphatic heterocycles. The zero-order valence-electron chi connectivity index (χ0n) is 19.2. The van der Waals surface area contributed by atoms with E-state index in [1.54, 1.807) is 0 Å². The first kappa shape index (κ1) is 21.9. The van der Waals surface area contributed by atoms with Crippen molar-refractivity contribution < 1.29 is 20.1 Å². The number of ether oxygens (including phenoxy) is 1. The fourth-order valence-corrected chi connectivity index (χ4v) is 8.75. The maximum Gasteiger partial charge on any atom is 0.0978 e. The molecule has 4 saturated carbocycles. The monoisotopic (exact) mass is 428 g/mol. The van der Waals surface area contributed by atoms with E-state index in [1.807, 2.05) is 30.3 Å². The minimum atomic E-state index is -0.957. The van der Waals surface area contributed by atoms with E-state index in [9.17, 15) is 10.2 Å². The van der Waals surface area contributed by atoms with Crippen LogP contribution in [-0.2, 0) is 10.3 Å². The number of aliphatic hydroxyl groups is 3. The predicted molar refractivity (Wildman–Crippen MR) is 120 cm³/mol. The van der Waals surface area contributed by atoms with Gasteiger partial charge < -0.3 is 20.1 Å². The number of hydrogen-bond acceptors (Lipinski definition) is 4. The molecule has 0 radical (unpaired) electrons. The SMILES string of the molecule is C[C@]12CCC(OCCO)CC1CC[C@@H]1[C@H]2CC[C@]2(C)C(O)(c3ccccc3)CC[C@@]12O. The van der Waals surface area contributed by atoms with Crippen LogP contribution in [0, 0.1) is 28.6 Å². The summed E-state index contributed by atoms with van der Waals surface area (Å²) in [4.78, 5) is 0. The summed E-state index contributed by atoms with van der Waals surface area (Å²) in [7, 11) is 0. The van der Waals surface area contributed by atoms with Crippen molar-refractivity contribution in [3.05, 3.63) is 35.9 Å². The largest absolute Gasteiger partial charge is 0.394 e. The van der Waals surface area contributed by atoms with Crippen LogP contribution in [0.4, 0.5) is 0 Å². The molecule has 1 aromatic rings. The Bertz CT molecular complexity index is 798. The molecule has 0 aromatic heterocycles. The van der Waals surface area contributed by atoms with E-state index >= 15 is 0 Å². The molecule has 4 aliphatic carbocycles. The Labute approximate surface area is 187 Å². The number of rotatable bonds is 4. The maximum atomic E-state index is 12.3. The van der Waals surface area contributed by atoms with Crippen LogP contribution in [0.1, 0.15) is 77.2 Å². The molecule has 0 heterocycles. The highest BCUT2D eigenvalue weighted by Crippen LogP contribution is 2.71. The van der Waals surface area contributed by atoms with Crippen molar-refractivity contribution in [2.45, 2.75) is 88.9 Å². The lowest BCUT2D eigenvalue weighted by atomic mass is 9.43. The average Bonchev–Trinajstić information content (AvgIpc) is 3.00. The number of fused-ring (bicyclic) bond motifs is 5. The van der Waals surface area contributed by atoms with Gasteiger partial charge in [-0.25, -0.2) is 0 Å². The molecule has 4 fully saturated rings. The van der Waals surface area contributed by atoms with Crippen LogP contribution in [0.5, 0.6) is 0 Å². The molecule has 4 nitrogen and oxygen atoms in total. The third-order valence-electron chi connectivity index (χ3n) is 10.6. The topological polar surface area (TPSA) is 69.9 Å². The number of aliphatic hydroxyl groups excluding tert-OH is 1. The minimum absolute atomic E-state index is 0.0963. The molecule has 3 N–H and O–H groups in total. The predicted octanol–water partition coefficient (Wildman–Crippen LogP) is 4.41. The Hall–Kier alpha value is -0.940. The van der Waals surface area contributed by atoms with E-state index in [4.69, 9.17) is 9.84 Å². The Kier molecular flexibility index (Phi) is 5.33. The van der Waals surface area contributed by atoms with E-state index < -0.39 is 16.6 Å². The summed E-state index contributed by atoms with van der Waals surface area (Å²) < 4.78 is 5.91. The van der Waals surface area contributed by atoms with Crippen LogP contribution in [0.25, 0.3) is 0 Å².